The van der Waals surface area contributed by atoms with Crippen molar-refractivity contribution in [1.29, 1.82) is 0 Å². The van der Waals surface area contributed by atoms with Crippen molar-refractivity contribution in [3.8, 4) is 5.69 Å². The molecule has 0 bridgehead atoms. The molecule has 1 N–H and O–H groups in total. The van der Waals surface area contributed by atoms with E-state index in [-0.39, 0.29) is 6.04 Å². The van der Waals surface area contributed by atoms with Crippen LogP contribution < -0.4 is 5.32 Å². The maximum Gasteiger partial charge on any atom is 0.173 e. The third-order valence-electron chi connectivity index (χ3n) is 3.10. The average Bonchev–Trinajstić information content (AvgIpc) is 2.91. The Balaban J connectivity index is 2.26. The van der Waals surface area contributed by atoms with Crippen LogP contribution in [-0.2, 0) is 4.74 Å². The SMILES string of the molecule is COCCNC(C)c1nnnn1-c1cccc(Cl)c1C. The summed E-state index contributed by atoms with van der Waals surface area (Å²) >= 11 is 6.15. The lowest BCUT2D eigenvalue weighted by Crippen LogP contribution is -2.25. The van der Waals surface area contributed by atoms with Crippen LogP contribution in [-0.4, -0.2) is 40.5 Å². The Morgan fingerprint density at radius 2 is 2.25 bits per heavy atom. The van der Waals surface area contributed by atoms with Crippen LogP contribution in [0.3, 0.4) is 0 Å². The molecule has 0 amide bonds. The monoisotopic (exact) mass is 295 g/mol. The van der Waals surface area contributed by atoms with E-state index in [4.69, 9.17) is 16.3 Å². The van der Waals surface area contributed by atoms with E-state index in [9.17, 15) is 0 Å². The van der Waals surface area contributed by atoms with E-state index < -0.39 is 0 Å². The van der Waals surface area contributed by atoms with Crippen LogP contribution in [0.15, 0.2) is 18.2 Å². The van der Waals surface area contributed by atoms with E-state index in [2.05, 4.69) is 20.8 Å². The van der Waals surface area contributed by atoms with Crippen LogP contribution in [0.1, 0.15) is 24.4 Å². The van der Waals surface area contributed by atoms with Crippen LogP contribution >= 0.6 is 11.6 Å². The van der Waals surface area contributed by atoms with E-state index in [1.807, 2.05) is 32.0 Å². The molecule has 1 heterocycles. The Kier molecular flexibility index (Phi) is 5.05. The summed E-state index contributed by atoms with van der Waals surface area (Å²) in [6.45, 7) is 5.34. The minimum atomic E-state index is 0.0125. The zero-order chi connectivity index (χ0) is 14.5. The zero-order valence-corrected chi connectivity index (χ0v) is 12.6. The number of tetrazole rings is 1. The topological polar surface area (TPSA) is 64.9 Å². The molecule has 0 spiro atoms. The fraction of sp³-hybridized carbons (Fsp3) is 0.462. The molecule has 0 saturated carbocycles. The van der Waals surface area contributed by atoms with Crippen LogP contribution in [0, 0.1) is 6.92 Å². The van der Waals surface area contributed by atoms with Crippen LogP contribution in [0.5, 0.6) is 0 Å². The zero-order valence-electron chi connectivity index (χ0n) is 11.8. The maximum absolute atomic E-state index is 6.15. The third kappa shape index (κ3) is 3.15. The Labute approximate surface area is 123 Å². The molecule has 0 fully saturated rings. The summed E-state index contributed by atoms with van der Waals surface area (Å²) < 4.78 is 6.73. The molecule has 2 rings (SSSR count). The molecular formula is C13H18ClN5O. The molecule has 0 aliphatic carbocycles. The molecule has 108 valence electrons. The molecule has 1 unspecified atom stereocenters. The highest BCUT2D eigenvalue weighted by Crippen LogP contribution is 2.23. The van der Waals surface area contributed by atoms with E-state index in [1.54, 1.807) is 11.8 Å². The normalized spacial score (nSPS) is 12.6. The first-order valence-corrected chi connectivity index (χ1v) is 6.79. The number of ether oxygens (including phenoxy) is 1. The lowest BCUT2D eigenvalue weighted by Gasteiger charge is -2.14. The van der Waals surface area contributed by atoms with Crippen molar-refractivity contribution in [2.24, 2.45) is 0 Å². The van der Waals surface area contributed by atoms with E-state index >= 15 is 0 Å². The highest BCUT2D eigenvalue weighted by atomic mass is 35.5. The van der Waals surface area contributed by atoms with Gasteiger partial charge in [-0.3, -0.25) is 0 Å². The molecule has 6 nitrogen and oxygen atoms in total. The van der Waals surface area contributed by atoms with Gasteiger partial charge in [0.25, 0.3) is 0 Å². The van der Waals surface area contributed by atoms with Crippen molar-refractivity contribution in [3.63, 3.8) is 0 Å². The fourth-order valence-electron chi connectivity index (χ4n) is 1.93. The van der Waals surface area contributed by atoms with Gasteiger partial charge >= 0.3 is 0 Å². The Bertz CT molecular complexity index is 572. The molecule has 2 aromatic rings. The second-order valence-electron chi connectivity index (χ2n) is 4.50. The summed E-state index contributed by atoms with van der Waals surface area (Å²) in [6, 6.07) is 5.70. The highest BCUT2D eigenvalue weighted by Gasteiger charge is 2.17. The summed E-state index contributed by atoms with van der Waals surface area (Å²) in [5.74, 6) is 0.742. The van der Waals surface area contributed by atoms with Crippen LogP contribution in [0.4, 0.5) is 0 Å². The second kappa shape index (κ2) is 6.78. The minimum Gasteiger partial charge on any atom is -0.383 e. The average molecular weight is 296 g/mol. The maximum atomic E-state index is 6.15. The number of benzene rings is 1. The Morgan fingerprint density at radius 1 is 1.45 bits per heavy atom. The van der Waals surface area contributed by atoms with Gasteiger partial charge in [0.1, 0.15) is 0 Å². The van der Waals surface area contributed by atoms with Gasteiger partial charge < -0.3 is 10.1 Å². The minimum absolute atomic E-state index is 0.0125. The number of hydrogen-bond donors (Lipinski definition) is 1. The summed E-state index contributed by atoms with van der Waals surface area (Å²) in [7, 11) is 1.67. The first-order valence-electron chi connectivity index (χ1n) is 6.41. The molecule has 0 saturated heterocycles. The van der Waals surface area contributed by atoms with Gasteiger partial charge in [-0.05, 0) is 42.0 Å². The van der Waals surface area contributed by atoms with Gasteiger partial charge in [0.2, 0.25) is 0 Å². The van der Waals surface area contributed by atoms with Crippen molar-refractivity contribution < 1.29 is 4.74 Å². The number of hydrogen-bond acceptors (Lipinski definition) is 5. The van der Waals surface area contributed by atoms with E-state index in [0.717, 1.165) is 23.6 Å². The number of halogens is 1. The van der Waals surface area contributed by atoms with E-state index in [1.165, 1.54) is 0 Å². The van der Waals surface area contributed by atoms with Crippen LogP contribution in [0.25, 0.3) is 5.69 Å². The molecule has 0 aliphatic rings. The van der Waals surface area contributed by atoms with Gasteiger partial charge in [-0.15, -0.1) is 5.10 Å². The van der Waals surface area contributed by atoms with Crippen molar-refractivity contribution in [2.45, 2.75) is 19.9 Å². The Hall–Kier alpha value is -1.50. The van der Waals surface area contributed by atoms with Gasteiger partial charge in [0, 0.05) is 18.7 Å². The lowest BCUT2D eigenvalue weighted by atomic mass is 10.2. The summed E-state index contributed by atoms with van der Waals surface area (Å²) in [6.07, 6.45) is 0. The first-order chi connectivity index (χ1) is 9.65. The number of nitrogens with one attached hydrogen (secondary N) is 1. The standard InChI is InChI=1S/C13H18ClN5O/c1-9-11(14)5-4-6-12(9)19-13(16-17-18-19)10(2)15-7-8-20-3/h4-6,10,15H,7-8H2,1-3H3. The fourth-order valence-corrected chi connectivity index (χ4v) is 2.10. The van der Waals surface area contributed by atoms with E-state index in [0.29, 0.717) is 11.6 Å². The second-order valence-corrected chi connectivity index (χ2v) is 4.91. The predicted molar refractivity (Wildman–Crippen MR) is 77.2 cm³/mol. The van der Waals surface area contributed by atoms with Crippen molar-refractivity contribution >= 4 is 11.6 Å². The number of methoxy groups -OCH3 is 1. The van der Waals surface area contributed by atoms with Gasteiger partial charge in [-0.2, -0.15) is 4.68 Å². The first kappa shape index (κ1) is 14.9. The van der Waals surface area contributed by atoms with Gasteiger partial charge in [0.05, 0.1) is 18.3 Å². The quantitative estimate of drug-likeness (QED) is 0.825. The summed E-state index contributed by atoms with van der Waals surface area (Å²) in [5, 5.41) is 15.9. The lowest BCUT2D eigenvalue weighted by molar-refractivity contribution is 0.196. The smallest absolute Gasteiger partial charge is 0.173 e. The molecular weight excluding hydrogens is 278 g/mol. The summed E-state index contributed by atoms with van der Waals surface area (Å²) in [5.41, 5.74) is 1.84. The highest BCUT2D eigenvalue weighted by molar-refractivity contribution is 6.31. The van der Waals surface area contributed by atoms with Crippen molar-refractivity contribution in [1.82, 2.24) is 25.5 Å². The largest absolute Gasteiger partial charge is 0.383 e. The molecule has 0 radical (unpaired) electrons. The molecule has 1 aromatic heterocycles. The molecule has 7 heteroatoms. The Morgan fingerprint density at radius 3 is 3.00 bits per heavy atom. The van der Waals surface area contributed by atoms with Crippen LogP contribution in [0.2, 0.25) is 5.02 Å². The molecule has 20 heavy (non-hydrogen) atoms. The van der Waals surface area contributed by atoms with Gasteiger partial charge in [-0.25, -0.2) is 0 Å². The third-order valence-corrected chi connectivity index (χ3v) is 3.51. The predicted octanol–water partition coefficient (Wildman–Crippen LogP) is 1.92. The van der Waals surface area contributed by atoms with Gasteiger partial charge in [-0.1, -0.05) is 17.7 Å². The number of aromatic nitrogens is 4. The number of nitrogens with zero attached hydrogens (tertiary/aromatic N) is 4. The molecule has 0 aliphatic heterocycles. The van der Waals surface area contributed by atoms with Crippen molar-refractivity contribution in [2.75, 3.05) is 20.3 Å². The van der Waals surface area contributed by atoms with Gasteiger partial charge in [0.15, 0.2) is 5.82 Å². The summed E-state index contributed by atoms with van der Waals surface area (Å²) in [4.78, 5) is 0. The molecule has 1 atom stereocenters. The van der Waals surface area contributed by atoms with Crippen molar-refractivity contribution in [3.05, 3.63) is 34.6 Å². The molecule has 1 aromatic carbocycles. The number of rotatable bonds is 6.